The van der Waals surface area contributed by atoms with Crippen molar-refractivity contribution < 1.29 is 22.1 Å². The molecule has 0 saturated carbocycles. The van der Waals surface area contributed by atoms with E-state index in [1.54, 1.807) is 36.5 Å². The lowest BCUT2D eigenvalue weighted by Gasteiger charge is -2.18. The molecule has 1 aliphatic rings. The minimum absolute atomic E-state index is 0.0121. The molecule has 2 heterocycles. The van der Waals surface area contributed by atoms with Gasteiger partial charge in [-0.15, -0.1) is 0 Å². The molecular formula is C17H13NO5S. The van der Waals surface area contributed by atoms with E-state index < -0.39 is 10.1 Å². The van der Waals surface area contributed by atoms with Crippen LogP contribution in [0.25, 0.3) is 10.9 Å². The summed E-state index contributed by atoms with van der Waals surface area (Å²) >= 11 is 0. The van der Waals surface area contributed by atoms with Gasteiger partial charge in [-0.3, -0.25) is 4.98 Å². The van der Waals surface area contributed by atoms with E-state index in [2.05, 4.69) is 4.98 Å². The Labute approximate surface area is 138 Å². The number of nitrogens with zero attached hydrogens (tertiary/aromatic N) is 1. The van der Waals surface area contributed by atoms with Crippen LogP contribution in [0.5, 0.6) is 17.2 Å². The normalized spacial score (nSPS) is 13.7. The molecule has 24 heavy (non-hydrogen) atoms. The Hall–Kier alpha value is -2.80. The average Bonchev–Trinajstić information content (AvgIpc) is 2.61. The van der Waals surface area contributed by atoms with Gasteiger partial charge in [-0.1, -0.05) is 6.07 Å². The summed E-state index contributed by atoms with van der Waals surface area (Å²) in [5, 5.41) is 0.798. The summed E-state index contributed by atoms with van der Waals surface area (Å²) in [4.78, 5) is 4.20. The van der Waals surface area contributed by atoms with Crippen LogP contribution in [0.15, 0.2) is 59.6 Å². The molecule has 0 atom stereocenters. The third-order valence-electron chi connectivity index (χ3n) is 3.58. The van der Waals surface area contributed by atoms with Crippen LogP contribution < -0.4 is 13.7 Å². The van der Waals surface area contributed by atoms with Gasteiger partial charge < -0.3 is 13.7 Å². The van der Waals surface area contributed by atoms with Crippen LogP contribution in [0, 0.1) is 0 Å². The number of benzene rings is 2. The maximum absolute atomic E-state index is 12.5. The Balaban J connectivity index is 1.66. The first kappa shape index (κ1) is 14.8. The summed E-state index contributed by atoms with van der Waals surface area (Å²) in [6.45, 7) is 0.829. The molecule has 3 aromatic rings. The average molecular weight is 343 g/mol. The molecular weight excluding hydrogens is 330 g/mol. The second-order valence-corrected chi connectivity index (χ2v) is 6.75. The van der Waals surface area contributed by atoms with Crippen molar-refractivity contribution in [2.75, 3.05) is 13.2 Å². The van der Waals surface area contributed by atoms with Crippen molar-refractivity contribution in [2.24, 2.45) is 0 Å². The van der Waals surface area contributed by atoms with Crippen LogP contribution in [-0.4, -0.2) is 26.6 Å². The van der Waals surface area contributed by atoms with Crippen molar-refractivity contribution in [3.63, 3.8) is 0 Å². The largest absolute Gasteiger partial charge is 0.486 e. The molecule has 0 unspecified atom stereocenters. The van der Waals surface area contributed by atoms with Gasteiger partial charge in [0.2, 0.25) is 0 Å². The Bertz CT molecular complexity index is 1020. The molecule has 0 aliphatic carbocycles. The molecule has 1 aromatic heterocycles. The molecule has 0 amide bonds. The van der Waals surface area contributed by atoms with E-state index in [0.717, 1.165) is 10.9 Å². The highest BCUT2D eigenvalue weighted by Gasteiger charge is 2.21. The minimum atomic E-state index is -3.97. The second kappa shape index (κ2) is 5.68. The van der Waals surface area contributed by atoms with E-state index in [4.69, 9.17) is 13.7 Å². The highest BCUT2D eigenvalue weighted by molar-refractivity contribution is 7.87. The van der Waals surface area contributed by atoms with Gasteiger partial charge in [0.25, 0.3) is 0 Å². The number of hydrogen-bond acceptors (Lipinski definition) is 6. The lowest BCUT2D eigenvalue weighted by molar-refractivity contribution is 0.171. The topological polar surface area (TPSA) is 74.7 Å². The van der Waals surface area contributed by atoms with Crippen LogP contribution in [0.4, 0.5) is 0 Å². The smallest absolute Gasteiger partial charge is 0.339 e. The van der Waals surface area contributed by atoms with Gasteiger partial charge in [-0.25, -0.2) is 0 Å². The SMILES string of the molecule is O=S(=O)(Oc1ccc2ncccc2c1)c1ccc2c(c1)OCCO2. The monoisotopic (exact) mass is 343 g/mol. The first-order valence-electron chi connectivity index (χ1n) is 7.31. The van der Waals surface area contributed by atoms with E-state index >= 15 is 0 Å². The number of ether oxygens (including phenoxy) is 2. The summed E-state index contributed by atoms with van der Waals surface area (Å²) in [7, 11) is -3.97. The molecule has 0 fully saturated rings. The van der Waals surface area contributed by atoms with Crippen LogP contribution in [-0.2, 0) is 10.1 Å². The molecule has 0 radical (unpaired) electrons. The quantitative estimate of drug-likeness (QED) is 0.681. The van der Waals surface area contributed by atoms with E-state index in [1.165, 1.54) is 12.1 Å². The molecule has 0 bridgehead atoms. The Morgan fingerprint density at radius 2 is 1.79 bits per heavy atom. The van der Waals surface area contributed by atoms with Crippen molar-refractivity contribution in [3.8, 4) is 17.2 Å². The zero-order chi connectivity index (χ0) is 16.6. The summed E-state index contributed by atoms with van der Waals surface area (Å²) in [5.74, 6) is 1.15. The Morgan fingerprint density at radius 1 is 0.958 bits per heavy atom. The van der Waals surface area contributed by atoms with Crippen molar-refractivity contribution in [2.45, 2.75) is 4.90 Å². The molecule has 1 aliphatic heterocycles. The number of aromatic nitrogens is 1. The molecule has 0 spiro atoms. The molecule has 0 N–H and O–H groups in total. The van der Waals surface area contributed by atoms with Crippen LogP contribution in [0.2, 0.25) is 0 Å². The number of fused-ring (bicyclic) bond motifs is 2. The molecule has 7 heteroatoms. The van der Waals surface area contributed by atoms with E-state index in [0.29, 0.717) is 24.7 Å². The lowest BCUT2D eigenvalue weighted by atomic mass is 10.2. The van der Waals surface area contributed by atoms with Crippen molar-refractivity contribution >= 4 is 21.0 Å². The predicted molar refractivity (Wildman–Crippen MR) is 87.0 cm³/mol. The Morgan fingerprint density at radius 3 is 2.67 bits per heavy atom. The third kappa shape index (κ3) is 2.74. The van der Waals surface area contributed by atoms with Gasteiger partial charge in [-0.2, -0.15) is 8.42 Å². The first-order valence-corrected chi connectivity index (χ1v) is 8.72. The number of hydrogen-bond donors (Lipinski definition) is 0. The van der Waals surface area contributed by atoms with Crippen LogP contribution >= 0.6 is 0 Å². The zero-order valence-corrected chi connectivity index (χ0v) is 13.3. The predicted octanol–water partition coefficient (Wildman–Crippen LogP) is 2.77. The highest BCUT2D eigenvalue weighted by atomic mass is 32.2. The van der Waals surface area contributed by atoms with Gasteiger partial charge in [0.05, 0.1) is 5.52 Å². The van der Waals surface area contributed by atoms with Gasteiger partial charge in [0.15, 0.2) is 11.5 Å². The standard InChI is InChI=1S/C17H13NO5S/c19-24(20,14-4-6-16-17(11-14)22-9-8-21-16)23-13-3-5-15-12(10-13)2-1-7-18-15/h1-7,10-11H,8-9H2. The first-order chi connectivity index (χ1) is 11.6. The second-order valence-electron chi connectivity index (χ2n) is 5.20. The van der Waals surface area contributed by atoms with Gasteiger partial charge >= 0.3 is 10.1 Å². The van der Waals surface area contributed by atoms with Gasteiger partial charge in [0.1, 0.15) is 23.9 Å². The van der Waals surface area contributed by atoms with E-state index in [-0.39, 0.29) is 10.6 Å². The summed E-state index contributed by atoms with van der Waals surface area (Å²) in [5.41, 5.74) is 0.765. The van der Waals surface area contributed by atoms with E-state index in [9.17, 15) is 8.42 Å². The zero-order valence-electron chi connectivity index (χ0n) is 12.5. The van der Waals surface area contributed by atoms with Gasteiger partial charge in [0, 0.05) is 17.6 Å². The lowest BCUT2D eigenvalue weighted by Crippen LogP contribution is -2.16. The number of pyridine rings is 1. The van der Waals surface area contributed by atoms with Crippen LogP contribution in [0.1, 0.15) is 0 Å². The fourth-order valence-corrected chi connectivity index (χ4v) is 3.40. The molecule has 2 aromatic carbocycles. The number of rotatable bonds is 3. The fraction of sp³-hybridized carbons (Fsp3) is 0.118. The molecule has 4 rings (SSSR count). The molecule has 122 valence electrons. The Kier molecular flexibility index (Phi) is 3.50. The fourth-order valence-electron chi connectivity index (χ4n) is 2.46. The minimum Gasteiger partial charge on any atom is -0.486 e. The summed E-state index contributed by atoms with van der Waals surface area (Å²) < 4.78 is 41.0. The van der Waals surface area contributed by atoms with Crippen molar-refractivity contribution in [3.05, 3.63) is 54.7 Å². The summed E-state index contributed by atoms with van der Waals surface area (Å²) in [6, 6.07) is 13.0. The maximum atomic E-state index is 12.5. The van der Waals surface area contributed by atoms with Gasteiger partial charge in [-0.05, 0) is 36.4 Å². The maximum Gasteiger partial charge on any atom is 0.339 e. The molecule has 0 saturated heterocycles. The van der Waals surface area contributed by atoms with Crippen molar-refractivity contribution in [1.29, 1.82) is 0 Å². The molecule has 6 nitrogen and oxygen atoms in total. The highest BCUT2D eigenvalue weighted by Crippen LogP contribution is 2.33. The van der Waals surface area contributed by atoms with Crippen molar-refractivity contribution in [1.82, 2.24) is 4.98 Å². The third-order valence-corrected chi connectivity index (χ3v) is 4.83. The van der Waals surface area contributed by atoms with E-state index in [1.807, 2.05) is 6.07 Å². The summed E-state index contributed by atoms with van der Waals surface area (Å²) in [6.07, 6.45) is 1.68. The van der Waals surface area contributed by atoms with Crippen LogP contribution in [0.3, 0.4) is 0 Å².